The fourth-order valence-corrected chi connectivity index (χ4v) is 1.37. The molecule has 80 valence electrons. The summed E-state index contributed by atoms with van der Waals surface area (Å²) in [6.45, 7) is 2.26. The van der Waals surface area contributed by atoms with E-state index in [1.807, 2.05) is 13.0 Å². The topological polar surface area (TPSA) is 35.8 Å². The van der Waals surface area contributed by atoms with Crippen LogP contribution >= 0.6 is 11.6 Å². The van der Waals surface area contributed by atoms with Crippen LogP contribution in [0.1, 0.15) is 18.9 Å². The molecule has 0 aliphatic rings. The second-order valence-corrected chi connectivity index (χ2v) is 3.82. The Hall–Kier alpha value is -1.11. The third-order valence-corrected chi connectivity index (χ3v) is 2.28. The normalized spacial score (nSPS) is 12.1. The zero-order chi connectivity index (χ0) is 11.3. The lowest BCUT2D eigenvalue weighted by molar-refractivity contribution is 0.534. The summed E-state index contributed by atoms with van der Waals surface area (Å²) in [6.07, 6.45) is 0.405. The molecule has 0 saturated heterocycles. The van der Waals surface area contributed by atoms with E-state index in [1.165, 1.54) is 12.1 Å². The van der Waals surface area contributed by atoms with Gasteiger partial charge in [0.25, 0.3) is 0 Å². The van der Waals surface area contributed by atoms with Crippen LogP contribution in [-0.4, -0.2) is 6.04 Å². The molecular formula is C11H12ClFN2. The van der Waals surface area contributed by atoms with Crippen molar-refractivity contribution in [1.82, 2.24) is 5.32 Å². The Morgan fingerprint density at radius 3 is 3.00 bits per heavy atom. The van der Waals surface area contributed by atoms with Gasteiger partial charge in [0, 0.05) is 23.2 Å². The van der Waals surface area contributed by atoms with Gasteiger partial charge in [-0.3, -0.25) is 0 Å². The second kappa shape index (κ2) is 5.69. The molecule has 0 saturated carbocycles. The zero-order valence-electron chi connectivity index (χ0n) is 8.43. The number of hydrogen-bond donors (Lipinski definition) is 1. The Morgan fingerprint density at radius 2 is 2.33 bits per heavy atom. The van der Waals surface area contributed by atoms with Crippen molar-refractivity contribution in [2.75, 3.05) is 0 Å². The summed E-state index contributed by atoms with van der Waals surface area (Å²) >= 11 is 5.75. The molecule has 1 aromatic rings. The van der Waals surface area contributed by atoms with Gasteiger partial charge in [-0.1, -0.05) is 11.6 Å². The number of benzene rings is 1. The number of rotatable bonds is 4. The molecule has 4 heteroatoms. The van der Waals surface area contributed by atoms with Gasteiger partial charge in [0.1, 0.15) is 5.82 Å². The zero-order valence-corrected chi connectivity index (χ0v) is 9.18. The number of nitriles is 1. The Bertz CT molecular complexity index is 373. The van der Waals surface area contributed by atoms with Crippen molar-refractivity contribution in [3.8, 4) is 6.07 Å². The largest absolute Gasteiger partial charge is 0.309 e. The van der Waals surface area contributed by atoms with E-state index >= 15 is 0 Å². The molecule has 0 spiro atoms. The van der Waals surface area contributed by atoms with Gasteiger partial charge in [-0.2, -0.15) is 5.26 Å². The monoisotopic (exact) mass is 226 g/mol. The van der Waals surface area contributed by atoms with Crippen LogP contribution in [0.2, 0.25) is 5.02 Å². The molecule has 0 aliphatic heterocycles. The summed E-state index contributed by atoms with van der Waals surface area (Å²) in [5.41, 5.74) is 0.521. The van der Waals surface area contributed by atoms with Crippen molar-refractivity contribution in [1.29, 1.82) is 5.26 Å². The van der Waals surface area contributed by atoms with E-state index < -0.39 is 0 Å². The Kier molecular flexibility index (Phi) is 4.54. The quantitative estimate of drug-likeness (QED) is 0.857. The molecular weight excluding hydrogens is 215 g/mol. The average Bonchev–Trinajstić information content (AvgIpc) is 2.20. The second-order valence-electron chi connectivity index (χ2n) is 3.38. The van der Waals surface area contributed by atoms with Crippen LogP contribution in [0, 0.1) is 17.1 Å². The average molecular weight is 227 g/mol. The summed E-state index contributed by atoms with van der Waals surface area (Å²) in [7, 11) is 0. The molecule has 1 aromatic carbocycles. The molecule has 0 aliphatic carbocycles. The lowest BCUT2D eigenvalue weighted by Gasteiger charge is -2.10. The van der Waals surface area contributed by atoms with Crippen LogP contribution in [-0.2, 0) is 6.54 Å². The third-order valence-electron chi connectivity index (χ3n) is 2.05. The van der Waals surface area contributed by atoms with Gasteiger partial charge in [0.05, 0.1) is 12.5 Å². The van der Waals surface area contributed by atoms with Gasteiger partial charge in [-0.15, -0.1) is 0 Å². The summed E-state index contributed by atoms with van der Waals surface area (Å²) in [6, 6.07) is 6.54. The summed E-state index contributed by atoms with van der Waals surface area (Å²) in [5.74, 6) is -0.281. The van der Waals surface area contributed by atoms with Gasteiger partial charge in [0.15, 0.2) is 0 Å². The highest BCUT2D eigenvalue weighted by Crippen LogP contribution is 2.14. The van der Waals surface area contributed by atoms with E-state index in [9.17, 15) is 4.39 Å². The first-order chi connectivity index (χ1) is 7.13. The first kappa shape index (κ1) is 12.0. The van der Waals surface area contributed by atoms with Crippen LogP contribution in [0.3, 0.4) is 0 Å². The van der Waals surface area contributed by atoms with E-state index in [0.717, 1.165) is 0 Å². The fourth-order valence-electron chi connectivity index (χ4n) is 1.17. The minimum absolute atomic E-state index is 0.0494. The smallest absolute Gasteiger partial charge is 0.127 e. The van der Waals surface area contributed by atoms with Crippen molar-refractivity contribution in [2.45, 2.75) is 25.9 Å². The van der Waals surface area contributed by atoms with Crippen molar-refractivity contribution < 1.29 is 4.39 Å². The van der Waals surface area contributed by atoms with Gasteiger partial charge in [-0.25, -0.2) is 4.39 Å². The summed E-state index contributed by atoms with van der Waals surface area (Å²) in [5, 5.41) is 12.0. The molecule has 0 bridgehead atoms. The maximum Gasteiger partial charge on any atom is 0.127 e. The van der Waals surface area contributed by atoms with E-state index in [1.54, 1.807) is 6.07 Å². The van der Waals surface area contributed by atoms with Gasteiger partial charge in [-0.05, 0) is 25.1 Å². The predicted octanol–water partition coefficient (Wildman–Crippen LogP) is 2.87. The lowest BCUT2D eigenvalue weighted by Crippen LogP contribution is -2.25. The number of halogens is 2. The molecule has 0 aromatic heterocycles. The van der Waals surface area contributed by atoms with Crippen LogP contribution in [0.5, 0.6) is 0 Å². The molecule has 0 radical (unpaired) electrons. The van der Waals surface area contributed by atoms with Crippen LogP contribution in [0.25, 0.3) is 0 Å². The van der Waals surface area contributed by atoms with Crippen LogP contribution < -0.4 is 5.32 Å². The maximum atomic E-state index is 13.2. The Morgan fingerprint density at radius 1 is 1.60 bits per heavy atom. The first-order valence-corrected chi connectivity index (χ1v) is 5.05. The van der Waals surface area contributed by atoms with E-state index in [4.69, 9.17) is 16.9 Å². The molecule has 1 N–H and O–H groups in total. The highest BCUT2D eigenvalue weighted by Gasteiger charge is 2.05. The summed E-state index contributed by atoms with van der Waals surface area (Å²) in [4.78, 5) is 0. The number of nitrogens with zero attached hydrogens (tertiary/aromatic N) is 1. The minimum Gasteiger partial charge on any atom is -0.309 e. The number of nitrogens with one attached hydrogen (secondary N) is 1. The fraction of sp³-hybridized carbons (Fsp3) is 0.364. The van der Waals surface area contributed by atoms with Crippen LogP contribution in [0.15, 0.2) is 18.2 Å². The molecule has 0 amide bonds. The molecule has 1 unspecified atom stereocenters. The summed E-state index contributed by atoms with van der Waals surface area (Å²) < 4.78 is 13.2. The molecule has 1 rings (SSSR count). The van der Waals surface area contributed by atoms with E-state index in [-0.39, 0.29) is 11.9 Å². The third kappa shape index (κ3) is 3.86. The van der Waals surface area contributed by atoms with E-state index in [2.05, 4.69) is 5.32 Å². The molecule has 2 nitrogen and oxygen atoms in total. The van der Waals surface area contributed by atoms with Gasteiger partial charge < -0.3 is 5.32 Å². The Balaban J connectivity index is 2.57. The van der Waals surface area contributed by atoms with Crippen molar-refractivity contribution in [2.24, 2.45) is 0 Å². The van der Waals surface area contributed by atoms with Gasteiger partial charge in [0.2, 0.25) is 0 Å². The SMILES string of the molecule is CC(CC#N)NCc1cc(Cl)ccc1F. The maximum absolute atomic E-state index is 13.2. The minimum atomic E-state index is -0.281. The first-order valence-electron chi connectivity index (χ1n) is 4.67. The number of hydrogen-bond acceptors (Lipinski definition) is 2. The highest BCUT2D eigenvalue weighted by molar-refractivity contribution is 6.30. The van der Waals surface area contributed by atoms with Crippen molar-refractivity contribution in [3.05, 3.63) is 34.6 Å². The molecule has 1 atom stereocenters. The predicted molar refractivity (Wildman–Crippen MR) is 57.9 cm³/mol. The standard InChI is InChI=1S/C11H12ClFN2/c1-8(4-5-14)15-7-9-6-10(12)2-3-11(9)13/h2-3,6,8,15H,4,7H2,1H3. The molecule has 0 heterocycles. The highest BCUT2D eigenvalue weighted by atomic mass is 35.5. The Labute approximate surface area is 93.7 Å². The van der Waals surface area contributed by atoms with Crippen molar-refractivity contribution in [3.63, 3.8) is 0 Å². The van der Waals surface area contributed by atoms with Gasteiger partial charge >= 0.3 is 0 Å². The van der Waals surface area contributed by atoms with Crippen molar-refractivity contribution >= 4 is 11.6 Å². The molecule has 0 fully saturated rings. The lowest BCUT2D eigenvalue weighted by atomic mass is 10.2. The van der Waals surface area contributed by atoms with E-state index in [0.29, 0.717) is 23.6 Å². The van der Waals surface area contributed by atoms with Crippen LogP contribution in [0.4, 0.5) is 4.39 Å². The molecule has 15 heavy (non-hydrogen) atoms.